The van der Waals surface area contributed by atoms with Gasteiger partial charge in [-0.3, -0.25) is 14.6 Å². The fourth-order valence-corrected chi connectivity index (χ4v) is 3.93. The van der Waals surface area contributed by atoms with Gasteiger partial charge in [-0.2, -0.15) is 0 Å². The Bertz CT molecular complexity index is 1130. The van der Waals surface area contributed by atoms with Crippen molar-refractivity contribution in [1.29, 1.82) is 0 Å². The number of nitrogens with zero attached hydrogens (tertiary/aromatic N) is 3. The number of halogens is 1. The molecule has 0 N–H and O–H groups in total. The zero-order valence-corrected chi connectivity index (χ0v) is 17.9. The Hall–Kier alpha value is -3.24. The third kappa shape index (κ3) is 4.44. The van der Waals surface area contributed by atoms with Crippen molar-refractivity contribution in [3.8, 4) is 5.75 Å². The van der Waals surface area contributed by atoms with E-state index in [1.165, 1.54) is 61.5 Å². The van der Waals surface area contributed by atoms with E-state index < -0.39 is 27.8 Å². The van der Waals surface area contributed by atoms with Crippen LogP contribution in [-0.4, -0.2) is 56.7 Å². The highest BCUT2D eigenvalue weighted by atomic mass is 32.2. The minimum absolute atomic E-state index is 0.0350. The number of sulfonamides is 1. The van der Waals surface area contributed by atoms with Gasteiger partial charge in [-0.25, -0.2) is 21.9 Å². The molecule has 8 nitrogen and oxygen atoms in total. The maximum atomic E-state index is 14.0. The minimum atomic E-state index is -3.79. The van der Waals surface area contributed by atoms with Crippen molar-refractivity contribution in [1.82, 2.24) is 9.21 Å². The first-order valence-corrected chi connectivity index (χ1v) is 10.8. The number of anilines is 1. The van der Waals surface area contributed by atoms with Crippen LogP contribution in [0.5, 0.6) is 5.75 Å². The van der Waals surface area contributed by atoms with Crippen LogP contribution in [0.25, 0.3) is 0 Å². The van der Waals surface area contributed by atoms with Crippen LogP contribution in [0.2, 0.25) is 0 Å². The second-order valence-corrected chi connectivity index (χ2v) is 9.11. The number of amides is 3. The fourth-order valence-electron chi connectivity index (χ4n) is 3.01. The van der Waals surface area contributed by atoms with Crippen molar-refractivity contribution in [3.05, 3.63) is 66.5 Å². The summed E-state index contributed by atoms with van der Waals surface area (Å²) in [6, 6.07) is 9.41. The number of ether oxygens (including phenoxy) is 1. The van der Waals surface area contributed by atoms with Crippen molar-refractivity contribution in [3.63, 3.8) is 0 Å². The lowest BCUT2D eigenvalue weighted by Crippen LogP contribution is -2.33. The zero-order chi connectivity index (χ0) is 22.8. The summed E-state index contributed by atoms with van der Waals surface area (Å²) in [5, 5.41) is 0. The molecule has 3 rings (SSSR count). The van der Waals surface area contributed by atoms with Crippen molar-refractivity contribution in [2.24, 2.45) is 0 Å². The molecule has 1 aliphatic rings. The first-order valence-electron chi connectivity index (χ1n) is 9.32. The van der Waals surface area contributed by atoms with Gasteiger partial charge in [0.2, 0.25) is 10.0 Å². The summed E-state index contributed by atoms with van der Waals surface area (Å²) in [5.74, 6) is -0.867. The molecule has 3 amide bonds. The summed E-state index contributed by atoms with van der Waals surface area (Å²) in [7, 11) is -1.01. The topological polar surface area (TPSA) is 87.2 Å². The first-order chi connectivity index (χ1) is 14.7. The van der Waals surface area contributed by atoms with Gasteiger partial charge in [0.05, 0.1) is 10.6 Å². The number of urea groups is 1. The summed E-state index contributed by atoms with van der Waals surface area (Å²) < 4.78 is 45.9. The van der Waals surface area contributed by atoms with Gasteiger partial charge in [-0.15, -0.1) is 6.58 Å². The van der Waals surface area contributed by atoms with E-state index in [0.717, 1.165) is 9.21 Å². The molecule has 0 radical (unpaired) electrons. The number of carbonyl (C=O) groups excluding carboxylic acids is 2. The van der Waals surface area contributed by atoms with E-state index >= 15 is 0 Å². The van der Waals surface area contributed by atoms with Gasteiger partial charge >= 0.3 is 6.03 Å². The quantitative estimate of drug-likeness (QED) is 0.459. The van der Waals surface area contributed by atoms with Gasteiger partial charge in [0.25, 0.3) is 5.91 Å². The summed E-state index contributed by atoms with van der Waals surface area (Å²) in [6.07, 6.45) is 1.43. The van der Waals surface area contributed by atoms with Crippen LogP contribution >= 0.6 is 0 Å². The fraction of sp³-hybridized carbons (Fsp3) is 0.238. The van der Waals surface area contributed by atoms with Crippen LogP contribution in [0.15, 0.2) is 60.0 Å². The lowest BCUT2D eigenvalue weighted by Gasteiger charge is -2.21. The number of imide groups is 1. The van der Waals surface area contributed by atoms with Crippen LogP contribution < -0.4 is 9.64 Å². The third-order valence-corrected chi connectivity index (χ3v) is 6.52. The predicted molar refractivity (Wildman–Crippen MR) is 113 cm³/mol. The van der Waals surface area contributed by atoms with Crippen LogP contribution in [0, 0.1) is 5.82 Å². The molecular formula is C21H22FN3O5S. The monoisotopic (exact) mass is 447 g/mol. The van der Waals surface area contributed by atoms with E-state index in [0.29, 0.717) is 0 Å². The molecule has 0 bridgehead atoms. The smallest absolute Gasteiger partial charge is 0.332 e. The van der Waals surface area contributed by atoms with Crippen molar-refractivity contribution in [2.75, 3.05) is 32.1 Å². The standard InChI is InChI=1S/C21H22FN3O5S/c1-4-11-24-20(26)13-25(21(24)27)18-10-9-16(31(28,29)23(2)3)12-19(18)30-14-15-7-5-6-8-17(15)22/h4-10,12H,1,11,13-14H2,2-3H3. The second-order valence-electron chi connectivity index (χ2n) is 6.96. The summed E-state index contributed by atoms with van der Waals surface area (Å²) in [5.41, 5.74) is 0.463. The van der Waals surface area contributed by atoms with Crippen LogP contribution in [0.1, 0.15) is 5.56 Å². The van der Waals surface area contributed by atoms with E-state index in [-0.39, 0.29) is 41.6 Å². The third-order valence-electron chi connectivity index (χ3n) is 4.71. The van der Waals surface area contributed by atoms with Gasteiger partial charge in [0.1, 0.15) is 24.7 Å². The molecule has 31 heavy (non-hydrogen) atoms. The molecule has 0 atom stereocenters. The first kappa shape index (κ1) is 22.4. The predicted octanol–water partition coefficient (Wildman–Crippen LogP) is 2.61. The average molecular weight is 447 g/mol. The van der Waals surface area contributed by atoms with Gasteiger partial charge in [-0.1, -0.05) is 24.3 Å². The molecule has 2 aromatic rings. The Kier molecular flexibility index (Phi) is 6.42. The summed E-state index contributed by atoms with van der Waals surface area (Å²) in [4.78, 5) is 27.1. The molecular weight excluding hydrogens is 425 g/mol. The van der Waals surface area contributed by atoms with Crippen LogP contribution in [0.4, 0.5) is 14.9 Å². The highest BCUT2D eigenvalue weighted by molar-refractivity contribution is 7.89. The maximum Gasteiger partial charge on any atom is 0.332 e. The Morgan fingerprint density at radius 2 is 1.90 bits per heavy atom. The average Bonchev–Trinajstić information content (AvgIpc) is 3.01. The Balaban J connectivity index is 2.02. The molecule has 1 saturated heterocycles. The Labute approximate surface area is 180 Å². The second kappa shape index (κ2) is 8.86. The van der Waals surface area contributed by atoms with Gasteiger partial charge in [-0.05, 0) is 18.2 Å². The summed E-state index contributed by atoms with van der Waals surface area (Å²) in [6.45, 7) is 3.16. The molecule has 10 heteroatoms. The number of carbonyl (C=O) groups is 2. The van der Waals surface area contributed by atoms with E-state index in [1.54, 1.807) is 6.07 Å². The molecule has 1 fully saturated rings. The molecule has 1 aliphatic heterocycles. The van der Waals surface area contributed by atoms with E-state index in [4.69, 9.17) is 4.74 Å². The highest BCUT2D eigenvalue weighted by Crippen LogP contribution is 2.35. The molecule has 0 aliphatic carbocycles. The Morgan fingerprint density at radius 1 is 1.19 bits per heavy atom. The maximum absolute atomic E-state index is 14.0. The minimum Gasteiger partial charge on any atom is -0.487 e. The zero-order valence-electron chi connectivity index (χ0n) is 17.1. The largest absolute Gasteiger partial charge is 0.487 e. The SMILES string of the molecule is C=CCN1C(=O)CN(c2ccc(S(=O)(=O)N(C)C)cc2OCc2ccccc2F)C1=O. The summed E-state index contributed by atoms with van der Waals surface area (Å²) >= 11 is 0. The molecule has 1 heterocycles. The van der Waals surface area contributed by atoms with Crippen molar-refractivity contribution in [2.45, 2.75) is 11.5 Å². The van der Waals surface area contributed by atoms with Crippen molar-refractivity contribution < 1.29 is 27.1 Å². The number of rotatable bonds is 8. The van der Waals surface area contributed by atoms with E-state index in [2.05, 4.69) is 6.58 Å². The molecule has 0 aromatic heterocycles. The Morgan fingerprint density at radius 3 is 2.55 bits per heavy atom. The molecule has 164 valence electrons. The van der Waals surface area contributed by atoms with Crippen molar-refractivity contribution >= 4 is 27.6 Å². The van der Waals surface area contributed by atoms with Crippen LogP contribution in [-0.2, 0) is 21.4 Å². The van der Waals surface area contributed by atoms with E-state index in [1.807, 2.05) is 0 Å². The lowest BCUT2D eigenvalue weighted by molar-refractivity contribution is -0.124. The van der Waals surface area contributed by atoms with Gasteiger partial charge in [0, 0.05) is 32.3 Å². The number of hydrogen-bond acceptors (Lipinski definition) is 5. The molecule has 2 aromatic carbocycles. The van der Waals surface area contributed by atoms with Crippen LogP contribution in [0.3, 0.4) is 0 Å². The lowest BCUT2D eigenvalue weighted by atomic mass is 10.2. The van der Waals surface area contributed by atoms with Gasteiger partial charge < -0.3 is 4.74 Å². The number of hydrogen-bond donors (Lipinski definition) is 0. The van der Waals surface area contributed by atoms with Gasteiger partial charge in [0.15, 0.2) is 0 Å². The number of benzene rings is 2. The molecule has 0 unspecified atom stereocenters. The molecule has 0 spiro atoms. The normalized spacial score (nSPS) is 14.5. The van der Waals surface area contributed by atoms with E-state index in [9.17, 15) is 22.4 Å². The highest BCUT2D eigenvalue weighted by Gasteiger charge is 2.37. The molecule has 0 saturated carbocycles.